The highest BCUT2D eigenvalue weighted by atomic mass is 16.3. The molecular weight excluding hydrogens is 352 g/mol. The molecule has 0 spiro atoms. The molecule has 0 amide bonds. The highest BCUT2D eigenvalue weighted by Crippen LogP contribution is 2.67. The molecule has 0 aromatic heterocycles. The van der Waals surface area contributed by atoms with Crippen LogP contribution in [-0.4, -0.2) is 11.2 Å². The molecule has 0 bridgehead atoms. The van der Waals surface area contributed by atoms with Crippen molar-refractivity contribution in [1.82, 2.24) is 0 Å². The minimum absolute atomic E-state index is 0.181. The molecule has 0 aromatic rings. The first-order valence-electron chi connectivity index (χ1n) is 12.4. The first-order chi connectivity index (χ1) is 13.7. The molecule has 1 heteroatoms. The fourth-order valence-corrected chi connectivity index (χ4v) is 6.99. The summed E-state index contributed by atoms with van der Waals surface area (Å²) >= 11 is 0. The molecule has 3 rings (SSSR count). The molecule has 0 radical (unpaired) electrons. The molecule has 3 aliphatic rings. The maximum absolute atomic E-state index is 10.1. The molecule has 0 heterocycles. The van der Waals surface area contributed by atoms with Crippen LogP contribution in [-0.2, 0) is 0 Å². The summed E-state index contributed by atoms with van der Waals surface area (Å²) in [5.74, 6) is 2.53. The molecule has 1 nitrogen and oxygen atoms in total. The molecule has 0 aliphatic heterocycles. The normalized spacial score (nSPS) is 39.3. The Balaban J connectivity index is 1.77. The number of fused-ring (bicyclic) bond motifs is 1. The highest BCUT2D eigenvalue weighted by molar-refractivity contribution is 5.37. The number of aliphatic hydroxyl groups excluding tert-OH is 1. The summed E-state index contributed by atoms with van der Waals surface area (Å²) in [5.41, 5.74) is 4.97. The average molecular weight is 399 g/mol. The molecule has 5 atom stereocenters. The number of aliphatic hydroxyl groups is 1. The fraction of sp³-hybridized carbons (Fsp3) is 0.786. The van der Waals surface area contributed by atoms with Crippen LogP contribution in [0.1, 0.15) is 105 Å². The maximum atomic E-state index is 10.1. The lowest BCUT2D eigenvalue weighted by Gasteiger charge is -2.51. The smallest absolute Gasteiger partial charge is 0.0583 e. The Morgan fingerprint density at radius 2 is 1.83 bits per heavy atom. The van der Waals surface area contributed by atoms with Crippen molar-refractivity contribution >= 4 is 0 Å². The zero-order valence-corrected chi connectivity index (χ0v) is 19.9. The van der Waals surface area contributed by atoms with Crippen molar-refractivity contribution in [2.75, 3.05) is 0 Å². The van der Waals surface area contributed by atoms with Crippen LogP contribution in [0.3, 0.4) is 0 Å². The second-order valence-corrected chi connectivity index (χ2v) is 11.4. The van der Waals surface area contributed by atoms with Crippen molar-refractivity contribution in [2.45, 2.75) is 111 Å². The Bertz CT molecular complexity index is 653. The summed E-state index contributed by atoms with van der Waals surface area (Å²) in [6, 6.07) is 0. The summed E-state index contributed by atoms with van der Waals surface area (Å²) in [6.07, 6.45) is 18.1. The highest BCUT2D eigenvalue weighted by Gasteiger charge is 2.57. The Labute approximate surface area is 180 Å². The van der Waals surface area contributed by atoms with Crippen LogP contribution in [0.5, 0.6) is 0 Å². The van der Waals surface area contributed by atoms with Crippen molar-refractivity contribution in [3.8, 4) is 0 Å². The van der Waals surface area contributed by atoms with Crippen molar-refractivity contribution in [3.63, 3.8) is 0 Å². The molecule has 29 heavy (non-hydrogen) atoms. The summed E-state index contributed by atoms with van der Waals surface area (Å²) in [5, 5.41) is 10.1. The van der Waals surface area contributed by atoms with Gasteiger partial charge in [0.2, 0.25) is 0 Å². The third-order valence-electron chi connectivity index (χ3n) is 9.19. The van der Waals surface area contributed by atoms with E-state index in [1.54, 1.807) is 5.57 Å². The topological polar surface area (TPSA) is 20.2 Å². The molecule has 3 saturated carbocycles. The number of allylic oxidation sites excluding steroid dienone is 4. The van der Waals surface area contributed by atoms with Crippen LogP contribution in [0.2, 0.25) is 0 Å². The van der Waals surface area contributed by atoms with Crippen LogP contribution in [0.4, 0.5) is 0 Å². The van der Waals surface area contributed by atoms with Crippen LogP contribution in [0, 0.1) is 28.6 Å². The SMILES string of the molecule is C=C1CCC(O)CC1=CC=C1CCCC2(C)C(C(C)CCCC(C)C)CCC12C. The van der Waals surface area contributed by atoms with Gasteiger partial charge in [-0.25, -0.2) is 0 Å². The first kappa shape index (κ1) is 22.9. The molecule has 1 N–H and O–H groups in total. The van der Waals surface area contributed by atoms with Crippen molar-refractivity contribution < 1.29 is 5.11 Å². The minimum Gasteiger partial charge on any atom is -0.393 e. The lowest BCUT2D eigenvalue weighted by Crippen LogP contribution is -2.43. The monoisotopic (exact) mass is 398 g/mol. The third kappa shape index (κ3) is 4.60. The van der Waals surface area contributed by atoms with Gasteiger partial charge in [0, 0.05) is 0 Å². The fourth-order valence-electron chi connectivity index (χ4n) is 6.99. The summed E-state index contributed by atoms with van der Waals surface area (Å²) < 4.78 is 0. The molecular formula is C28H46O. The standard InChI is InChI=1S/C28H46O/c1-20(2)9-7-10-22(4)26-16-18-27(5)24(11-8-17-28(26,27)6)14-13-23-19-25(29)15-12-21(23)3/h13-14,20,22,25-26,29H,3,7-12,15-19H2,1-2,4-6H3. The van der Waals surface area contributed by atoms with Crippen molar-refractivity contribution in [3.05, 3.63) is 35.5 Å². The third-order valence-corrected chi connectivity index (χ3v) is 9.19. The van der Waals surface area contributed by atoms with E-state index in [0.717, 1.165) is 37.0 Å². The Kier molecular flexibility index (Phi) is 7.19. The molecule has 0 aromatic carbocycles. The summed E-state index contributed by atoms with van der Waals surface area (Å²) in [7, 11) is 0. The number of hydrogen-bond acceptors (Lipinski definition) is 1. The van der Waals surface area contributed by atoms with Gasteiger partial charge in [0.1, 0.15) is 0 Å². The van der Waals surface area contributed by atoms with Gasteiger partial charge in [-0.3, -0.25) is 0 Å². The van der Waals surface area contributed by atoms with Gasteiger partial charge in [0.05, 0.1) is 6.10 Å². The summed E-state index contributed by atoms with van der Waals surface area (Å²) in [6.45, 7) is 16.7. The van der Waals surface area contributed by atoms with Crippen LogP contribution < -0.4 is 0 Å². The molecule has 0 saturated heterocycles. The van der Waals surface area contributed by atoms with Gasteiger partial charge in [-0.1, -0.05) is 83.8 Å². The van der Waals surface area contributed by atoms with E-state index in [0.29, 0.717) is 10.8 Å². The van der Waals surface area contributed by atoms with E-state index in [1.165, 1.54) is 62.5 Å². The van der Waals surface area contributed by atoms with E-state index in [-0.39, 0.29) is 6.10 Å². The van der Waals surface area contributed by atoms with E-state index in [2.05, 4.69) is 53.3 Å². The maximum Gasteiger partial charge on any atom is 0.0583 e. The van der Waals surface area contributed by atoms with Crippen molar-refractivity contribution in [1.29, 1.82) is 0 Å². The van der Waals surface area contributed by atoms with Gasteiger partial charge in [0.25, 0.3) is 0 Å². The summed E-state index contributed by atoms with van der Waals surface area (Å²) in [4.78, 5) is 0. The predicted molar refractivity (Wildman–Crippen MR) is 126 cm³/mol. The largest absolute Gasteiger partial charge is 0.393 e. The first-order valence-corrected chi connectivity index (χ1v) is 12.4. The zero-order chi connectivity index (χ0) is 21.2. The Morgan fingerprint density at radius 1 is 1.07 bits per heavy atom. The zero-order valence-electron chi connectivity index (χ0n) is 19.9. The van der Waals surface area contributed by atoms with E-state index >= 15 is 0 Å². The quantitative estimate of drug-likeness (QED) is 0.480. The average Bonchev–Trinajstić information content (AvgIpc) is 2.94. The second kappa shape index (κ2) is 9.13. The van der Waals surface area contributed by atoms with Crippen LogP contribution in [0.25, 0.3) is 0 Å². The lowest BCUT2D eigenvalue weighted by atomic mass is 9.53. The Morgan fingerprint density at radius 3 is 2.55 bits per heavy atom. The van der Waals surface area contributed by atoms with Gasteiger partial charge in [-0.15, -0.1) is 0 Å². The molecule has 164 valence electrons. The minimum atomic E-state index is -0.181. The second-order valence-electron chi connectivity index (χ2n) is 11.4. The van der Waals surface area contributed by atoms with Crippen LogP contribution in [0.15, 0.2) is 35.5 Å². The van der Waals surface area contributed by atoms with E-state index in [1.807, 2.05) is 0 Å². The van der Waals surface area contributed by atoms with Gasteiger partial charge in [0.15, 0.2) is 0 Å². The van der Waals surface area contributed by atoms with E-state index in [4.69, 9.17) is 0 Å². The van der Waals surface area contributed by atoms with Gasteiger partial charge >= 0.3 is 0 Å². The Hall–Kier alpha value is -0.820. The van der Waals surface area contributed by atoms with Crippen molar-refractivity contribution in [2.24, 2.45) is 28.6 Å². The van der Waals surface area contributed by atoms with Crippen LogP contribution >= 0.6 is 0 Å². The van der Waals surface area contributed by atoms with Gasteiger partial charge < -0.3 is 5.11 Å². The molecule has 5 unspecified atom stereocenters. The van der Waals surface area contributed by atoms with Gasteiger partial charge in [-0.2, -0.15) is 0 Å². The molecule has 3 aliphatic carbocycles. The molecule has 3 fully saturated rings. The lowest BCUT2D eigenvalue weighted by molar-refractivity contribution is 0.0341. The predicted octanol–water partition coefficient (Wildman–Crippen LogP) is 8.01. The van der Waals surface area contributed by atoms with E-state index in [9.17, 15) is 5.11 Å². The number of hydrogen-bond donors (Lipinski definition) is 1. The van der Waals surface area contributed by atoms with Gasteiger partial charge in [-0.05, 0) is 85.5 Å². The van der Waals surface area contributed by atoms with E-state index < -0.39 is 0 Å². The number of rotatable bonds is 6.